The van der Waals surface area contributed by atoms with Gasteiger partial charge in [0.15, 0.2) is 0 Å². The van der Waals surface area contributed by atoms with Crippen LogP contribution in [0.15, 0.2) is 42.5 Å². The number of amides is 2. The monoisotopic (exact) mass is 336 g/mol. The molecular formula is C17H18ClFN2O2. The van der Waals surface area contributed by atoms with Crippen LogP contribution < -0.4 is 15.4 Å². The van der Waals surface area contributed by atoms with Crippen LogP contribution in [0.25, 0.3) is 0 Å². The lowest BCUT2D eigenvalue weighted by Gasteiger charge is -2.10. The van der Waals surface area contributed by atoms with Gasteiger partial charge in [-0.1, -0.05) is 23.7 Å². The number of carbonyl (C=O) groups is 1. The first-order valence-corrected chi connectivity index (χ1v) is 7.68. The largest absolute Gasteiger partial charge is 0.492 e. The maximum atomic E-state index is 12.8. The molecule has 2 amide bonds. The quantitative estimate of drug-likeness (QED) is 0.828. The molecule has 0 aliphatic heterocycles. The molecule has 23 heavy (non-hydrogen) atoms. The van der Waals surface area contributed by atoms with Gasteiger partial charge in [0.05, 0.1) is 11.6 Å². The fraction of sp³-hybridized carbons (Fsp3) is 0.235. The first-order valence-electron chi connectivity index (χ1n) is 7.30. The van der Waals surface area contributed by atoms with Crippen molar-refractivity contribution in [3.63, 3.8) is 0 Å². The summed E-state index contributed by atoms with van der Waals surface area (Å²) in [6.45, 7) is 2.84. The van der Waals surface area contributed by atoms with Gasteiger partial charge in [0.1, 0.15) is 11.6 Å². The molecule has 2 aromatic rings. The van der Waals surface area contributed by atoms with Gasteiger partial charge < -0.3 is 15.4 Å². The highest BCUT2D eigenvalue weighted by Gasteiger charge is 2.05. The number of ether oxygens (including phenoxy) is 1. The lowest BCUT2D eigenvalue weighted by atomic mass is 10.1. The van der Waals surface area contributed by atoms with E-state index in [4.69, 9.17) is 16.3 Å². The Kier molecular flexibility index (Phi) is 6.23. The van der Waals surface area contributed by atoms with Crippen molar-refractivity contribution in [2.45, 2.75) is 13.3 Å². The highest BCUT2D eigenvalue weighted by Crippen LogP contribution is 2.27. The second-order valence-electron chi connectivity index (χ2n) is 4.84. The molecule has 122 valence electrons. The average molecular weight is 337 g/mol. The van der Waals surface area contributed by atoms with Gasteiger partial charge in [0, 0.05) is 12.2 Å². The van der Waals surface area contributed by atoms with Crippen LogP contribution in [0.4, 0.5) is 14.9 Å². The number of nitrogens with one attached hydrogen (secondary N) is 2. The topological polar surface area (TPSA) is 50.4 Å². The molecule has 0 spiro atoms. The third-order valence-electron chi connectivity index (χ3n) is 3.10. The van der Waals surface area contributed by atoms with Gasteiger partial charge >= 0.3 is 6.03 Å². The summed E-state index contributed by atoms with van der Waals surface area (Å²) < 4.78 is 18.1. The Balaban J connectivity index is 1.80. The molecule has 0 atom stereocenters. The van der Waals surface area contributed by atoms with E-state index in [1.54, 1.807) is 30.3 Å². The molecular weight excluding hydrogens is 319 g/mol. The highest BCUT2D eigenvalue weighted by atomic mass is 35.5. The van der Waals surface area contributed by atoms with Crippen molar-refractivity contribution in [1.29, 1.82) is 0 Å². The number of benzene rings is 2. The van der Waals surface area contributed by atoms with E-state index >= 15 is 0 Å². The minimum atomic E-state index is -0.327. The average Bonchev–Trinajstić information content (AvgIpc) is 2.52. The van der Waals surface area contributed by atoms with Crippen molar-refractivity contribution in [1.82, 2.24) is 5.32 Å². The van der Waals surface area contributed by atoms with Crippen LogP contribution in [-0.4, -0.2) is 19.2 Å². The summed E-state index contributed by atoms with van der Waals surface area (Å²) in [6.07, 6.45) is 0.623. The van der Waals surface area contributed by atoms with E-state index < -0.39 is 0 Å². The van der Waals surface area contributed by atoms with Crippen LogP contribution in [0, 0.1) is 5.82 Å². The van der Waals surface area contributed by atoms with E-state index in [-0.39, 0.29) is 11.8 Å². The van der Waals surface area contributed by atoms with Crippen LogP contribution in [0.5, 0.6) is 5.75 Å². The van der Waals surface area contributed by atoms with E-state index in [9.17, 15) is 9.18 Å². The maximum Gasteiger partial charge on any atom is 0.319 e. The Morgan fingerprint density at radius 1 is 1.22 bits per heavy atom. The van der Waals surface area contributed by atoms with Crippen LogP contribution in [0.3, 0.4) is 0 Å². The number of hydrogen-bond donors (Lipinski definition) is 2. The van der Waals surface area contributed by atoms with Crippen molar-refractivity contribution in [2.24, 2.45) is 0 Å². The van der Waals surface area contributed by atoms with Gasteiger partial charge in [0.25, 0.3) is 0 Å². The first-order chi connectivity index (χ1) is 11.1. The summed E-state index contributed by atoms with van der Waals surface area (Å²) in [5.41, 5.74) is 1.54. The molecule has 0 heterocycles. The smallest absolute Gasteiger partial charge is 0.319 e. The van der Waals surface area contributed by atoms with Crippen LogP contribution in [0.1, 0.15) is 12.5 Å². The van der Waals surface area contributed by atoms with Gasteiger partial charge in [-0.25, -0.2) is 9.18 Å². The predicted molar refractivity (Wildman–Crippen MR) is 89.7 cm³/mol. The number of halogens is 2. The Hall–Kier alpha value is -2.27. The minimum Gasteiger partial charge on any atom is -0.492 e. The molecule has 0 unspecified atom stereocenters. The van der Waals surface area contributed by atoms with Crippen LogP contribution >= 0.6 is 11.6 Å². The molecule has 4 nitrogen and oxygen atoms in total. The van der Waals surface area contributed by atoms with Gasteiger partial charge in [-0.05, 0) is 49.2 Å². The molecule has 0 saturated carbocycles. The molecule has 2 N–H and O–H groups in total. The number of urea groups is 1. The SMILES string of the molecule is CCOc1ccc(NC(=O)NCCc2ccc(F)cc2)cc1Cl. The third-order valence-corrected chi connectivity index (χ3v) is 3.40. The summed E-state index contributed by atoms with van der Waals surface area (Å²) in [5.74, 6) is 0.309. The normalized spacial score (nSPS) is 10.2. The van der Waals surface area contributed by atoms with E-state index in [2.05, 4.69) is 10.6 Å². The second-order valence-corrected chi connectivity index (χ2v) is 5.24. The van der Waals surface area contributed by atoms with Gasteiger partial charge in [-0.15, -0.1) is 0 Å². The Morgan fingerprint density at radius 2 is 1.96 bits per heavy atom. The molecule has 0 bridgehead atoms. The zero-order chi connectivity index (χ0) is 16.7. The Morgan fingerprint density at radius 3 is 2.61 bits per heavy atom. The first kappa shape index (κ1) is 17.1. The van der Waals surface area contributed by atoms with E-state index in [0.717, 1.165) is 5.56 Å². The molecule has 0 radical (unpaired) electrons. The van der Waals surface area contributed by atoms with Gasteiger partial charge in [0.2, 0.25) is 0 Å². The maximum absolute atomic E-state index is 12.8. The minimum absolute atomic E-state index is 0.271. The third kappa shape index (κ3) is 5.45. The van der Waals surface area contributed by atoms with Crippen LogP contribution in [0.2, 0.25) is 5.02 Å². The van der Waals surface area contributed by atoms with E-state index in [1.165, 1.54) is 12.1 Å². The standard InChI is InChI=1S/C17H18ClFN2O2/c1-2-23-16-8-7-14(11-15(16)18)21-17(22)20-10-9-12-3-5-13(19)6-4-12/h3-8,11H,2,9-10H2,1H3,(H2,20,21,22). The highest BCUT2D eigenvalue weighted by molar-refractivity contribution is 6.32. The second kappa shape index (κ2) is 8.39. The Bertz CT molecular complexity index is 662. The number of anilines is 1. The van der Waals surface area contributed by atoms with Crippen molar-refractivity contribution < 1.29 is 13.9 Å². The molecule has 2 rings (SSSR count). The predicted octanol–water partition coefficient (Wildman–Crippen LogP) is 4.24. The fourth-order valence-corrected chi connectivity index (χ4v) is 2.23. The number of rotatable bonds is 6. The lowest BCUT2D eigenvalue weighted by molar-refractivity contribution is 0.252. The van der Waals surface area contributed by atoms with Crippen molar-refractivity contribution in [2.75, 3.05) is 18.5 Å². The summed E-state index contributed by atoms with van der Waals surface area (Å²) in [4.78, 5) is 11.8. The molecule has 6 heteroatoms. The summed E-state index contributed by atoms with van der Waals surface area (Å²) in [5, 5.41) is 5.87. The lowest BCUT2D eigenvalue weighted by Crippen LogP contribution is -2.30. The zero-order valence-corrected chi connectivity index (χ0v) is 13.5. The molecule has 0 aliphatic rings. The zero-order valence-electron chi connectivity index (χ0n) is 12.7. The van der Waals surface area contributed by atoms with E-state index in [0.29, 0.717) is 36.0 Å². The van der Waals surface area contributed by atoms with E-state index in [1.807, 2.05) is 6.92 Å². The van der Waals surface area contributed by atoms with Crippen molar-refractivity contribution in [3.05, 3.63) is 58.9 Å². The van der Waals surface area contributed by atoms with Crippen molar-refractivity contribution in [3.8, 4) is 5.75 Å². The molecule has 2 aromatic carbocycles. The van der Waals surface area contributed by atoms with Gasteiger partial charge in [-0.3, -0.25) is 0 Å². The fourth-order valence-electron chi connectivity index (χ4n) is 2.00. The summed E-state index contributed by atoms with van der Waals surface area (Å²) >= 11 is 6.06. The molecule has 0 aromatic heterocycles. The summed E-state index contributed by atoms with van der Waals surface area (Å²) in [7, 11) is 0. The molecule has 0 aliphatic carbocycles. The number of carbonyl (C=O) groups excluding carboxylic acids is 1. The summed E-state index contributed by atoms with van der Waals surface area (Å²) in [6, 6.07) is 10.9. The van der Waals surface area contributed by atoms with Gasteiger partial charge in [-0.2, -0.15) is 0 Å². The molecule has 0 saturated heterocycles. The van der Waals surface area contributed by atoms with Crippen molar-refractivity contribution >= 4 is 23.3 Å². The number of hydrogen-bond acceptors (Lipinski definition) is 2. The Labute approximate surface area is 139 Å². The molecule has 0 fully saturated rings. The van der Waals surface area contributed by atoms with Crippen LogP contribution in [-0.2, 0) is 6.42 Å².